The van der Waals surface area contributed by atoms with Crippen LogP contribution in [0.15, 0.2) is 36.5 Å². The number of hydrogen-bond donors (Lipinski definition) is 0. The molecule has 0 bridgehead atoms. The number of hydrogen-bond acceptors (Lipinski definition) is 0. The van der Waals surface area contributed by atoms with Gasteiger partial charge >= 0.3 is 0 Å². The highest BCUT2D eigenvalue weighted by Gasteiger charge is 2.27. The molecule has 2 aliphatic rings. The van der Waals surface area contributed by atoms with Gasteiger partial charge in [0.1, 0.15) is 0 Å². The molecule has 0 nitrogen and oxygen atoms in total. The lowest BCUT2D eigenvalue weighted by molar-refractivity contribution is 0.541. The van der Waals surface area contributed by atoms with Gasteiger partial charge in [0.25, 0.3) is 0 Å². The third-order valence-corrected chi connectivity index (χ3v) is 2.22. The van der Waals surface area contributed by atoms with Gasteiger partial charge in [0.2, 0.25) is 0 Å². The van der Waals surface area contributed by atoms with Gasteiger partial charge in [-0.15, -0.1) is 0 Å². The summed E-state index contributed by atoms with van der Waals surface area (Å²) in [5.74, 6) is 1.59. The third-order valence-electron chi connectivity index (χ3n) is 2.22. The summed E-state index contributed by atoms with van der Waals surface area (Å²) in [5, 5.41) is 0. The smallest absolute Gasteiger partial charge is 0.00185 e. The van der Waals surface area contributed by atoms with Crippen LogP contribution < -0.4 is 0 Å². The van der Waals surface area contributed by atoms with Gasteiger partial charge in [-0.2, -0.15) is 0 Å². The van der Waals surface area contributed by atoms with Crippen LogP contribution in [0.1, 0.15) is 6.42 Å². The van der Waals surface area contributed by atoms with Crippen molar-refractivity contribution in [3.8, 4) is 0 Å². The fraction of sp³-hybridized carbons (Fsp3) is 0.333. The normalized spacial score (nSPS) is 37.1. The van der Waals surface area contributed by atoms with E-state index in [0.717, 1.165) is 11.8 Å². The Morgan fingerprint density at radius 3 is 2.78 bits per heavy atom. The SMILES string of the molecule is C=CC1=CC2C=CC2C1. The fourth-order valence-corrected chi connectivity index (χ4v) is 1.52. The van der Waals surface area contributed by atoms with Gasteiger partial charge in [-0.1, -0.05) is 36.5 Å². The summed E-state index contributed by atoms with van der Waals surface area (Å²) in [6, 6.07) is 0. The van der Waals surface area contributed by atoms with E-state index in [4.69, 9.17) is 0 Å². The van der Waals surface area contributed by atoms with Crippen LogP contribution in [0.2, 0.25) is 0 Å². The van der Waals surface area contributed by atoms with Crippen LogP contribution >= 0.6 is 0 Å². The first-order valence-electron chi connectivity index (χ1n) is 3.41. The molecule has 2 unspecified atom stereocenters. The van der Waals surface area contributed by atoms with Crippen LogP contribution in [0.5, 0.6) is 0 Å². The predicted octanol–water partition coefficient (Wildman–Crippen LogP) is 2.30. The summed E-state index contributed by atoms with van der Waals surface area (Å²) in [6.45, 7) is 3.74. The molecule has 2 aliphatic carbocycles. The third kappa shape index (κ3) is 0.593. The standard InChI is InChI=1S/C9H10/c1-2-7-5-8-3-4-9(8)6-7/h2-5,8-9H,1,6H2. The molecule has 0 aromatic heterocycles. The van der Waals surface area contributed by atoms with Crippen molar-refractivity contribution in [3.63, 3.8) is 0 Å². The zero-order valence-electron chi connectivity index (χ0n) is 5.38. The minimum Gasteiger partial charge on any atom is -0.0988 e. The molecule has 0 radical (unpaired) electrons. The lowest BCUT2D eigenvalue weighted by atomic mass is 9.85. The van der Waals surface area contributed by atoms with Crippen LogP contribution in [-0.2, 0) is 0 Å². The summed E-state index contributed by atoms with van der Waals surface area (Å²) in [5.41, 5.74) is 1.43. The van der Waals surface area contributed by atoms with E-state index in [9.17, 15) is 0 Å². The van der Waals surface area contributed by atoms with Crippen LogP contribution in [0.4, 0.5) is 0 Å². The zero-order chi connectivity index (χ0) is 6.27. The molecular formula is C9H10. The molecule has 0 aliphatic heterocycles. The minimum atomic E-state index is 0.762. The monoisotopic (exact) mass is 118 g/mol. The van der Waals surface area contributed by atoms with Crippen molar-refractivity contribution >= 4 is 0 Å². The fourth-order valence-electron chi connectivity index (χ4n) is 1.52. The maximum absolute atomic E-state index is 3.74. The molecule has 0 aromatic carbocycles. The molecule has 0 N–H and O–H groups in total. The molecule has 0 spiro atoms. The Morgan fingerprint density at radius 2 is 2.44 bits per heavy atom. The average Bonchev–Trinajstić information content (AvgIpc) is 2.10. The Kier molecular flexibility index (Phi) is 0.895. The first-order chi connectivity index (χ1) is 4.40. The maximum Gasteiger partial charge on any atom is 0.00185 e. The first kappa shape index (κ1) is 5.04. The Balaban J connectivity index is 2.20. The highest BCUT2D eigenvalue weighted by atomic mass is 14.3. The van der Waals surface area contributed by atoms with Crippen LogP contribution in [0, 0.1) is 11.8 Å². The average molecular weight is 118 g/mol. The van der Waals surface area contributed by atoms with Crippen molar-refractivity contribution in [1.82, 2.24) is 0 Å². The molecular weight excluding hydrogens is 108 g/mol. The molecule has 0 saturated heterocycles. The number of allylic oxidation sites excluding steroid dienone is 5. The predicted molar refractivity (Wildman–Crippen MR) is 39.0 cm³/mol. The Labute approximate surface area is 55.6 Å². The zero-order valence-corrected chi connectivity index (χ0v) is 5.38. The quantitative estimate of drug-likeness (QED) is 0.463. The summed E-state index contributed by atoms with van der Waals surface area (Å²) < 4.78 is 0. The van der Waals surface area contributed by atoms with Gasteiger partial charge in [-0.25, -0.2) is 0 Å². The molecule has 9 heavy (non-hydrogen) atoms. The van der Waals surface area contributed by atoms with Gasteiger partial charge in [-0.3, -0.25) is 0 Å². The summed E-state index contributed by atoms with van der Waals surface area (Å²) in [6.07, 6.45) is 10.1. The highest BCUT2D eigenvalue weighted by Crippen LogP contribution is 2.39. The van der Waals surface area contributed by atoms with Crippen molar-refractivity contribution in [3.05, 3.63) is 36.5 Å². The second-order valence-electron chi connectivity index (χ2n) is 2.78. The Hall–Kier alpha value is -0.780. The largest absolute Gasteiger partial charge is 0.0988 e. The first-order valence-corrected chi connectivity index (χ1v) is 3.41. The molecule has 0 fully saturated rings. The van der Waals surface area contributed by atoms with Crippen molar-refractivity contribution in [2.75, 3.05) is 0 Å². The second kappa shape index (κ2) is 1.60. The van der Waals surface area contributed by atoms with Crippen molar-refractivity contribution in [2.45, 2.75) is 6.42 Å². The molecule has 0 heterocycles. The van der Waals surface area contributed by atoms with E-state index in [1.165, 1.54) is 12.0 Å². The number of fused-ring (bicyclic) bond motifs is 1. The minimum absolute atomic E-state index is 0.762. The van der Waals surface area contributed by atoms with Crippen molar-refractivity contribution in [2.24, 2.45) is 11.8 Å². The summed E-state index contributed by atoms with van der Waals surface area (Å²) >= 11 is 0. The lowest BCUT2D eigenvalue weighted by Gasteiger charge is -2.19. The van der Waals surface area contributed by atoms with E-state index in [0.29, 0.717) is 0 Å². The van der Waals surface area contributed by atoms with Crippen LogP contribution in [-0.4, -0.2) is 0 Å². The molecule has 0 heteroatoms. The number of rotatable bonds is 1. The van der Waals surface area contributed by atoms with E-state index in [-0.39, 0.29) is 0 Å². The van der Waals surface area contributed by atoms with Gasteiger partial charge < -0.3 is 0 Å². The van der Waals surface area contributed by atoms with E-state index in [2.05, 4.69) is 24.8 Å². The van der Waals surface area contributed by atoms with Gasteiger partial charge in [-0.05, 0) is 12.3 Å². The molecule has 0 aromatic rings. The van der Waals surface area contributed by atoms with Gasteiger partial charge in [0, 0.05) is 5.92 Å². The topological polar surface area (TPSA) is 0 Å². The van der Waals surface area contributed by atoms with Crippen LogP contribution in [0.25, 0.3) is 0 Å². The van der Waals surface area contributed by atoms with Crippen molar-refractivity contribution in [1.29, 1.82) is 0 Å². The van der Waals surface area contributed by atoms with Gasteiger partial charge in [0.15, 0.2) is 0 Å². The van der Waals surface area contributed by atoms with E-state index >= 15 is 0 Å². The molecule has 46 valence electrons. The second-order valence-corrected chi connectivity index (χ2v) is 2.78. The summed E-state index contributed by atoms with van der Waals surface area (Å²) in [4.78, 5) is 0. The highest BCUT2D eigenvalue weighted by molar-refractivity contribution is 5.33. The molecule has 2 rings (SSSR count). The molecule has 0 amide bonds. The van der Waals surface area contributed by atoms with Crippen molar-refractivity contribution < 1.29 is 0 Å². The van der Waals surface area contributed by atoms with Crippen LogP contribution in [0.3, 0.4) is 0 Å². The van der Waals surface area contributed by atoms with E-state index in [1.807, 2.05) is 6.08 Å². The molecule has 2 atom stereocenters. The lowest BCUT2D eigenvalue weighted by Crippen LogP contribution is -2.10. The molecule has 0 saturated carbocycles. The Bertz CT molecular complexity index is 196. The maximum atomic E-state index is 3.74. The summed E-state index contributed by atoms with van der Waals surface area (Å²) in [7, 11) is 0. The Morgan fingerprint density at radius 1 is 1.56 bits per heavy atom. The van der Waals surface area contributed by atoms with Gasteiger partial charge in [0.05, 0.1) is 0 Å². The van der Waals surface area contributed by atoms with E-state index < -0.39 is 0 Å². The van der Waals surface area contributed by atoms with E-state index in [1.54, 1.807) is 0 Å².